The van der Waals surface area contributed by atoms with Crippen LogP contribution in [-0.4, -0.2) is 33.5 Å². The van der Waals surface area contributed by atoms with Crippen molar-refractivity contribution in [1.29, 1.82) is 0 Å². The predicted molar refractivity (Wildman–Crippen MR) is 140 cm³/mol. The summed E-state index contributed by atoms with van der Waals surface area (Å²) in [5, 5.41) is 24.4. The van der Waals surface area contributed by atoms with E-state index in [4.69, 9.17) is 0 Å². The third-order valence-corrected chi connectivity index (χ3v) is 8.85. The van der Waals surface area contributed by atoms with Gasteiger partial charge in [-0.15, -0.1) is 0 Å². The maximum absolute atomic E-state index is 14.0. The number of carboxylic acid groups (broad SMARTS) is 1. The standard InChI is InChI=1S/C30H36N2O5/c1-4-19-10-12-22(13-11-19)32-27(34)23-24(28(32)35)30(29(36)37,16-20-8-6-5-7-9-20)31-25(23)21-14-17(2)26(33)18(3)15-21/h10-15,20,23-25,31,33H,4-9,16H2,1-3H3,(H,36,37). The van der Waals surface area contributed by atoms with Gasteiger partial charge in [-0.1, -0.05) is 63.3 Å². The Hall–Kier alpha value is -3.19. The number of anilines is 1. The number of carbonyl (C=O) groups excluding carboxylic acids is 2. The molecular formula is C30H36N2O5. The molecule has 4 unspecified atom stereocenters. The van der Waals surface area contributed by atoms with Crippen LogP contribution in [0.15, 0.2) is 36.4 Å². The van der Waals surface area contributed by atoms with Gasteiger partial charge in [-0.05, 0) is 67.0 Å². The number of rotatable bonds is 6. The van der Waals surface area contributed by atoms with E-state index in [1.165, 1.54) is 4.90 Å². The van der Waals surface area contributed by atoms with Crippen LogP contribution in [0.1, 0.15) is 73.7 Å². The quantitative estimate of drug-likeness (QED) is 0.487. The SMILES string of the molecule is CCc1ccc(N2C(=O)C3C(c4cc(C)c(O)c(C)c4)NC(CC4CCCCC4)(C(=O)O)C3C2=O)cc1. The van der Waals surface area contributed by atoms with E-state index < -0.39 is 35.3 Å². The van der Waals surface area contributed by atoms with Crippen LogP contribution in [0.4, 0.5) is 5.69 Å². The van der Waals surface area contributed by atoms with Crippen molar-refractivity contribution >= 4 is 23.5 Å². The number of hydrogen-bond donors (Lipinski definition) is 3. The topological polar surface area (TPSA) is 107 Å². The van der Waals surface area contributed by atoms with Crippen LogP contribution in [-0.2, 0) is 20.8 Å². The molecule has 7 nitrogen and oxygen atoms in total. The number of nitrogens with zero attached hydrogens (tertiary/aromatic N) is 1. The number of aliphatic carboxylic acids is 1. The van der Waals surface area contributed by atoms with E-state index in [0.29, 0.717) is 23.2 Å². The molecule has 0 radical (unpaired) electrons. The van der Waals surface area contributed by atoms with E-state index in [9.17, 15) is 24.6 Å². The van der Waals surface area contributed by atoms with Gasteiger partial charge in [0.15, 0.2) is 0 Å². The van der Waals surface area contributed by atoms with Gasteiger partial charge in [-0.2, -0.15) is 0 Å². The van der Waals surface area contributed by atoms with E-state index in [-0.39, 0.29) is 17.6 Å². The zero-order valence-electron chi connectivity index (χ0n) is 21.8. The molecule has 3 aliphatic rings. The zero-order chi connectivity index (χ0) is 26.5. The van der Waals surface area contributed by atoms with Crippen LogP contribution in [0, 0.1) is 31.6 Å². The average Bonchev–Trinajstić information content (AvgIpc) is 3.37. The molecular weight excluding hydrogens is 468 g/mol. The van der Waals surface area contributed by atoms with Gasteiger partial charge in [-0.25, -0.2) is 4.90 Å². The number of hydrogen-bond acceptors (Lipinski definition) is 5. The van der Waals surface area contributed by atoms with Gasteiger partial charge in [0.2, 0.25) is 11.8 Å². The minimum atomic E-state index is -1.54. The number of imide groups is 1. The number of carboxylic acids is 1. The van der Waals surface area contributed by atoms with E-state index in [1.54, 1.807) is 38.1 Å². The summed E-state index contributed by atoms with van der Waals surface area (Å²) in [6, 6.07) is 10.3. The first-order valence-corrected chi connectivity index (χ1v) is 13.5. The first-order chi connectivity index (χ1) is 17.7. The van der Waals surface area contributed by atoms with Crippen molar-refractivity contribution in [2.45, 2.75) is 77.3 Å². The number of amides is 2. The van der Waals surface area contributed by atoms with Gasteiger partial charge in [0, 0.05) is 6.04 Å². The molecule has 196 valence electrons. The molecule has 0 aromatic heterocycles. The molecule has 3 fully saturated rings. The van der Waals surface area contributed by atoms with Crippen molar-refractivity contribution < 1.29 is 24.6 Å². The number of carbonyl (C=O) groups is 3. The maximum Gasteiger partial charge on any atom is 0.324 e. The summed E-state index contributed by atoms with van der Waals surface area (Å²) >= 11 is 0. The minimum Gasteiger partial charge on any atom is -0.507 e. The largest absolute Gasteiger partial charge is 0.507 e. The summed E-state index contributed by atoms with van der Waals surface area (Å²) in [5.74, 6) is -3.39. The smallest absolute Gasteiger partial charge is 0.324 e. The van der Waals surface area contributed by atoms with Crippen molar-refractivity contribution in [2.75, 3.05) is 4.90 Å². The highest BCUT2D eigenvalue weighted by molar-refractivity contribution is 6.24. The Morgan fingerprint density at radius 1 is 1.03 bits per heavy atom. The summed E-state index contributed by atoms with van der Waals surface area (Å²) < 4.78 is 0. The van der Waals surface area contributed by atoms with Crippen molar-refractivity contribution in [3.05, 3.63) is 58.7 Å². The zero-order valence-corrected chi connectivity index (χ0v) is 21.8. The Morgan fingerprint density at radius 3 is 2.22 bits per heavy atom. The summed E-state index contributed by atoms with van der Waals surface area (Å²) in [6.45, 7) is 5.61. The Morgan fingerprint density at radius 2 is 1.65 bits per heavy atom. The van der Waals surface area contributed by atoms with E-state index in [0.717, 1.165) is 49.7 Å². The Balaban J connectivity index is 1.62. The molecule has 0 bridgehead atoms. The number of nitrogens with one attached hydrogen (secondary N) is 1. The lowest BCUT2D eigenvalue weighted by Gasteiger charge is -2.35. The van der Waals surface area contributed by atoms with Crippen molar-refractivity contribution in [3.8, 4) is 5.75 Å². The molecule has 3 N–H and O–H groups in total. The summed E-state index contributed by atoms with van der Waals surface area (Å²) in [5.41, 5.74) is 2.06. The van der Waals surface area contributed by atoms with Crippen LogP contribution >= 0.6 is 0 Å². The summed E-state index contributed by atoms with van der Waals surface area (Å²) in [4.78, 5) is 42.3. The lowest BCUT2D eigenvalue weighted by atomic mass is 9.72. The molecule has 7 heteroatoms. The number of benzene rings is 2. The molecule has 2 heterocycles. The van der Waals surface area contributed by atoms with Crippen molar-refractivity contribution in [1.82, 2.24) is 5.32 Å². The average molecular weight is 505 g/mol. The van der Waals surface area contributed by atoms with Gasteiger partial charge in [0.25, 0.3) is 0 Å². The van der Waals surface area contributed by atoms with Gasteiger partial charge in [0.1, 0.15) is 11.3 Å². The lowest BCUT2D eigenvalue weighted by molar-refractivity contribution is -0.150. The van der Waals surface area contributed by atoms with E-state index in [1.807, 2.05) is 19.1 Å². The molecule has 1 aliphatic carbocycles. The molecule has 2 amide bonds. The molecule has 4 atom stereocenters. The Bertz CT molecular complexity index is 1210. The maximum atomic E-state index is 14.0. The van der Waals surface area contributed by atoms with Crippen LogP contribution in [0.3, 0.4) is 0 Å². The van der Waals surface area contributed by atoms with Gasteiger partial charge < -0.3 is 10.2 Å². The lowest BCUT2D eigenvalue weighted by Crippen LogP contribution is -2.57. The number of phenolic OH excluding ortho intramolecular Hbond substituents is 1. The fraction of sp³-hybridized carbons (Fsp3) is 0.500. The normalized spacial score (nSPS) is 28.1. The van der Waals surface area contributed by atoms with Crippen LogP contribution in [0.2, 0.25) is 0 Å². The number of aryl methyl sites for hydroxylation is 3. The second-order valence-electron chi connectivity index (χ2n) is 11.1. The molecule has 1 saturated carbocycles. The van der Waals surface area contributed by atoms with Crippen molar-refractivity contribution in [3.63, 3.8) is 0 Å². The first kappa shape index (κ1) is 25.5. The van der Waals surface area contributed by atoms with Crippen LogP contribution in [0.5, 0.6) is 5.75 Å². The predicted octanol–water partition coefficient (Wildman–Crippen LogP) is 4.82. The molecule has 2 saturated heterocycles. The van der Waals surface area contributed by atoms with Crippen LogP contribution < -0.4 is 10.2 Å². The number of phenols is 1. The fourth-order valence-electron chi connectivity index (χ4n) is 6.91. The van der Waals surface area contributed by atoms with Crippen LogP contribution in [0.25, 0.3) is 0 Å². The molecule has 2 aromatic carbocycles. The fourth-order valence-corrected chi connectivity index (χ4v) is 6.91. The third-order valence-electron chi connectivity index (χ3n) is 8.85. The Kier molecular flexibility index (Phi) is 6.61. The Labute approximate surface area is 217 Å². The van der Waals surface area contributed by atoms with Crippen molar-refractivity contribution in [2.24, 2.45) is 17.8 Å². The number of aromatic hydroxyl groups is 1. The highest BCUT2D eigenvalue weighted by Crippen LogP contribution is 2.53. The van der Waals surface area contributed by atoms with E-state index >= 15 is 0 Å². The first-order valence-electron chi connectivity index (χ1n) is 13.5. The molecule has 5 rings (SSSR count). The van der Waals surface area contributed by atoms with Gasteiger partial charge in [-0.3, -0.25) is 19.7 Å². The molecule has 2 aliphatic heterocycles. The molecule has 37 heavy (non-hydrogen) atoms. The second-order valence-corrected chi connectivity index (χ2v) is 11.1. The summed E-state index contributed by atoms with van der Waals surface area (Å²) in [7, 11) is 0. The van der Waals surface area contributed by atoms with Gasteiger partial charge >= 0.3 is 5.97 Å². The monoisotopic (exact) mass is 504 g/mol. The van der Waals surface area contributed by atoms with E-state index in [2.05, 4.69) is 5.32 Å². The third kappa shape index (κ3) is 4.13. The molecule has 2 aromatic rings. The second kappa shape index (κ2) is 9.60. The highest BCUT2D eigenvalue weighted by Gasteiger charge is 2.68. The highest BCUT2D eigenvalue weighted by atomic mass is 16.4. The molecule has 0 spiro atoms. The van der Waals surface area contributed by atoms with Gasteiger partial charge in [0.05, 0.1) is 17.5 Å². The minimum absolute atomic E-state index is 0.177. The number of fused-ring (bicyclic) bond motifs is 1. The summed E-state index contributed by atoms with van der Waals surface area (Å²) in [6.07, 6.45) is 6.26.